The first kappa shape index (κ1) is 17.1. The molecular formula is C16H24IN5. The van der Waals surface area contributed by atoms with Gasteiger partial charge < -0.3 is 15.0 Å². The molecule has 1 aliphatic heterocycles. The zero-order valence-corrected chi connectivity index (χ0v) is 15.5. The number of aryl methyl sites for hydroxylation is 1. The second kappa shape index (κ2) is 7.30. The first-order valence-electron chi connectivity index (χ1n) is 7.62. The normalized spacial score (nSPS) is 19.3. The summed E-state index contributed by atoms with van der Waals surface area (Å²) in [4.78, 5) is 11.3. The Hall–Kier alpha value is -1.31. The van der Waals surface area contributed by atoms with Crippen LogP contribution in [-0.4, -0.2) is 33.3 Å². The molecule has 0 aliphatic carbocycles. The lowest BCUT2D eigenvalue weighted by Crippen LogP contribution is -2.43. The van der Waals surface area contributed by atoms with Gasteiger partial charge in [-0.15, -0.1) is 24.0 Å². The lowest BCUT2D eigenvalue weighted by atomic mass is 10.0. The van der Waals surface area contributed by atoms with Crippen LogP contribution in [0, 0.1) is 12.8 Å². The fourth-order valence-corrected chi connectivity index (χ4v) is 2.93. The zero-order chi connectivity index (χ0) is 14.8. The van der Waals surface area contributed by atoms with Crippen molar-refractivity contribution >= 4 is 35.6 Å². The van der Waals surface area contributed by atoms with Crippen LogP contribution >= 0.6 is 24.0 Å². The molecule has 1 aliphatic rings. The molecule has 1 saturated heterocycles. The highest BCUT2D eigenvalue weighted by atomic mass is 127. The van der Waals surface area contributed by atoms with Crippen LogP contribution in [0.4, 0.5) is 0 Å². The molecular weight excluding hydrogens is 389 g/mol. The molecule has 3 heterocycles. The lowest BCUT2D eigenvalue weighted by Gasteiger charge is -2.31. The van der Waals surface area contributed by atoms with E-state index in [1.54, 1.807) is 0 Å². The van der Waals surface area contributed by atoms with Gasteiger partial charge in [-0.05, 0) is 37.8 Å². The van der Waals surface area contributed by atoms with Gasteiger partial charge in [0.25, 0.3) is 0 Å². The van der Waals surface area contributed by atoms with E-state index in [9.17, 15) is 0 Å². The van der Waals surface area contributed by atoms with Gasteiger partial charge in [-0.25, -0.2) is 9.98 Å². The fraction of sp³-hybridized carbons (Fsp3) is 0.500. The van der Waals surface area contributed by atoms with E-state index in [0.717, 1.165) is 24.4 Å². The summed E-state index contributed by atoms with van der Waals surface area (Å²) in [5.74, 6) is 1.35. The van der Waals surface area contributed by atoms with Crippen LogP contribution in [0.1, 0.15) is 31.2 Å². The Bertz CT molecular complexity index is 664. The first-order valence-corrected chi connectivity index (χ1v) is 7.62. The Labute approximate surface area is 148 Å². The summed E-state index contributed by atoms with van der Waals surface area (Å²) in [5, 5.41) is 0. The number of nitrogens with two attached hydrogens (primary N) is 1. The van der Waals surface area contributed by atoms with Crippen LogP contribution in [0.25, 0.3) is 5.65 Å². The number of rotatable bonds is 2. The largest absolute Gasteiger partial charge is 0.370 e. The summed E-state index contributed by atoms with van der Waals surface area (Å²) in [5.41, 5.74) is 9.22. The number of pyridine rings is 1. The van der Waals surface area contributed by atoms with Crippen molar-refractivity contribution in [2.45, 2.75) is 33.2 Å². The van der Waals surface area contributed by atoms with Crippen molar-refractivity contribution in [2.75, 3.05) is 13.1 Å². The second-order valence-electron chi connectivity index (χ2n) is 6.00. The van der Waals surface area contributed by atoms with Crippen LogP contribution in [0.3, 0.4) is 0 Å². The first-order chi connectivity index (χ1) is 10.1. The van der Waals surface area contributed by atoms with Crippen molar-refractivity contribution in [3.8, 4) is 0 Å². The van der Waals surface area contributed by atoms with E-state index in [-0.39, 0.29) is 24.0 Å². The predicted octanol–water partition coefficient (Wildman–Crippen LogP) is 2.81. The van der Waals surface area contributed by atoms with Crippen molar-refractivity contribution in [3.05, 3.63) is 35.8 Å². The number of halogens is 1. The summed E-state index contributed by atoms with van der Waals surface area (Å²) < 4.78 is 2.09. The average molecular weight is 413 g/mol. The third-order valence-electron chi connectivity index (χ3n) is 4.13. The molecule has 3 rings (SSSR count). The number of guanidine groups is 1. The van der Waals surface area contributed by atoms with Crippen molar-refractivity contribution in [1.82, 2.24) is 14.3 Å². The lowest BCUT2D eigenvalue weighted by molar-refractivity contribution is 0.270. The molecule has 0 radical (unpaired) electrons. The maximum absolute atomic E-state index is 6.12. The molecule has 120 valence electrons. The zero-order valence-electron chi connectivity index (χ0n) is 13.2. The van der Waals surface area contributed by atoms with Gasteiger partial charge >= 0.3 is 0 Å². The smallest absolute Gasteiger partial charge is 0.191 e. The Balaban J connectivity index is 0.00000176. The summed E-state index contributed by atoms with van der Waals surface area (Å²) >= 11 is 0. The maximum Gasteiger partial charge on any atom is 0.191 e. The molecule has 0 aromatic carbocycles. The van der Waals surface area contributed by atoms with Gasteiger partial charge in [-0.3, -0.25) is 0 Å². The van der Waals surface area contributed by atoms with E-state index in [1.165, 1.54) is 18.5 Å². The molecule has 2 aromatic rings. The molecule has 1 atom stereocenters. The average Bonchev–Trinajstić information content (AvgIpc) is 2.89. The summed E-state index contributed by atoms with van der Waals surface area (Å²) in [7, 11) is 0. The minimum absolute atomic E-state index is 0. The number of likely N-dealkylation sites (tertiary alicyclic amines) is 1. The van der Waals surface area contributed by atoms with Crippen molar-refractivity contribution in [3.63, 3.8) is 0 Å². The van der Waals surface area contributed by atoms with Gasteiger partial charge in [0.1, 0.15) is 5.65 Å². The minimum atomic E-state index is 0. The number of piperidine rings is 1. The van der Waals surface area contributed by atoms with Crippen molar-refractivity contribution in [1.29, 1.82) is 0 Å². The van der Waals surface area contributed by atoms with Gasteiger partial charge in [0, 0.05) is 25.0 Å². The van der Waals surface area contributed by atoms with E-state index in [1.807, 2.05) is 18.3 Å². The van der Waals surface area contributed by atoms with E-state index in [2.05, 4.69) is 39.2 Å². The quantitative estimate of drug-likeness (QED) is 0.468. The highest BCUT2D eigenvalue weighted by Crippen LogP contribution is 2.15. The van der Waals surface area contributed by atoms with E-state index in [4.69, 9.17) is 5.73 Å². The Morgan fingerprint density at radius 3 is 3.00 bits per heavy atom. The third-order valence-corrected chi connectivity index (χ3v) is 4.13. The van der Waals surface area contributed by atoms with Crippen molar-refractivity contribution in [2.24, 2.45) is 16.6 Å². The van der Waals surface area contributed by atoms with Crippen LogP contribution in [-0.2, 0) is 6.54 Å². The number of hydrogen-bond acceptors (Lipinski definition) is 2. The standard InChI is InChI=1S/C16H23N5.HI/c1-12-5-4-8-20(10-12)16(17)18-9-14-11-21-13(2)6-3-7-15(21)19-14;/h3,6-7,11-12H,4-5,8-10H2,1-2H3,(H2,17,18);1H. The molecule has 0 saturated carbocycles. The Morgan fingerprint density at radius 1 is 1.45 bits per heavy atom. The summed E-state index contributed by atoms with van der Waals surface area (Å²) in [6, 6.07) is 6.11. The number of fused-ring (bicyclic) bond motifs is 1. The van der Waals surface area contributed by atoms with Gasteiger partial charge in [0.15, 0.2) is 5.96 Å². The molecule has 6 heteroatoms. The number of hydrogen-bond donors (Lipinski definition) is 1. The number of aromatic nitrogens is 2. The summed E-state index contributed by atoms with van der Waals surface area (Å²) in [6.45, 7) is 6.91. The SMILES string of the molecule is Cc1cccc2nc(CN=C(N)N3CCCC(C)C3)cn12.I. The van der Waals surface area contributed by atoms with Crippen LogP contribution in [0.5, 0.6) is 0 Å². The molecule has 1 unspecified atom stereocenters. The molecule has 1 fully saturated rings. The third kappa shape index (κ3) is 3.71. The molecule has 0 amide bonds. The second-order valence-corrected chi connectivity index (χ2v) is 6.00. The molecule has 2 aromatic heterocycles. The fourth-order valence-electron chi connectivity index (χ4n) is 2.93. The minimum Gasteiger partial charge on any atom is -0.370 e. The van der Waals surface area contributed by atoms with Crippen molar-refractivity contribution < 1.29 is 0 Å². The van der Waals surface area contributed by atoms with E-state index >= 15 is 0 Å². The molecule has 5 nitrogen and oxygen atoms in total. The van der Waals surface area contributed by atoms with E-state index in [0.29, 0.717) is 18.4 Å². The topological polar surface area (TPSA) is 58.9 Å². The highest BCUT2D eigenvalue weighted by Gasteiger charge is 2.17. The maximum atomic E-state index is 6.12. The molecule has 2 N–H and O–H groups in total. The number of nitrogens with zero attached hydrogens (tertiary/aromatic N) is 4. The Morgan fingerprint density at radius 2 is 2.27 bits per heavy atom. The van der Waals surface area contributed by atoms with Crippen LogP contribution in [0.15, 0.2) is 29.4 Å². The van der Waals surface area contributed by atoms with Gasteiger partial charge in [0.05, 0.1) is 12.2 Å². The van der Waals surface area contributed by atoms with E-state index < -0.39 is 0 Å². The Kier molecular flexibility index (Phi) is 5.66. The number of imidazole rings is 1. The van der Waals surface area contributed by atoms with Gasteiger partial charge in [0.2, 0.25) is 0 Å². The summed E-state index contributed by atoms with van der Waals surface area (Å²) in [6.07, 6.45) is 4.53. The predicted molar refractivity (Wildman–Crippen MR) is 101 cm³/mol. The number of aliphatic imine (C=N–C) groups is 1. The molecule has 0 bridgehead atoms. The van der Waals surface area contributed by atoms with Gasteiger partial charge in [-0.2, -0.15) is 0 Å². The van der Waals surface area contributed by atoms with Gasteiger partial charge in [-0.1, -0.05) is 13.0 Å². The molecule has 22 heavy (non-hydrogen) atoms. The monoisotopic (exact) mass is 413 g/mol. The molecule has 0 spiro atoms. The van der Waals surface area contributed by atoms with Crippen LogP contribution in [0.2, 0.25) is 0 Å². The highest BCUT2D eigenvalue weighted by molar-refractivity contribution is 14.0. The van der Waals surface area contributed by atoms with Crippen LogP contribution < -0.4 is 5.73 Å².